The maximum absolute atomic E-state index is 12.7. The third-order valence-corrected chi connectivity index (χ3v) is 5.21. The summed E-state index contributed by atoms with van der Waals surface area (Å²) in [5.74, 6) is -3.76. The highest BCUT2D eigenvalue weighted by atomic mass is 32.2. The number of carbonyl (C=O) groups excluding carboxylic acids is 4. The third kappa shape index (κ3) is 9.92. The number of carbonyl (C=O) groups is 5. The van der Waals surface area contributed by atoms with Crippen molar-refractivity contribution in [1.82, 2.24) is 16.0 Å². The van der Waals surface area contributed by atoms with Gasteiger partial charge in [0.15, 0.2) is 0 Å². The van der Waals surface area contributed by atoms with Crippen LogP contribution in [0.5, 0.6) is 0 Å². The molecule has 0 aromatic carbocycles. The van der Waals surface area contributed by atoms with Gasteiger partial charge in [-0.1, -0.05) is 20.3 Å². The Balaban J connectivity index is 5.36. The van der Waals surface area contributed by atoms with E-state index in [1.807, 2.05) is 20.1 Å². The summed E-state index contributed by atoms with van der Waals surface area (Å²) in [6, 6.07) is -4.40. The Labute approximate surface area is 180 Å². The summed E-state index contributed by atoms with van der Waals surface area (Å²) >= 11 is 1.46. The second kappa shape index (κ2) is 13.8. The van der Waals surface area contributed by atoms with Crippen LogP contribution in [0, 0.1) is 5.92 Å². The van der Waals surface area contributed by atoms with Crippen LogP contribution in [-0.2, 0) is 24.0 Å². The van der Waals surface area contributed by atoms with Crippen molar-refractivity contribution in [3.8, 4) is 0 Å². The lowest BCUT2D eigenvalue weighted by atomic mass is 9.99. The SMILES string of the molecule is CCC(C)C(N)C(=O)NC(CCSC)C(=O)NC(CC(N)=O)C(=O)NC(C)C(=O)O. The highest BCUT2D eigenvalue weighted by Crippen LogP contribution is 2.08. The predicted octanol–water partition coefficient (Wildman–Crippen LogP) is -1.45. The molecule has 12 heteroatoms. The summed E-state index contributed by atoms with van der Waals surface area (Å²) in [4.78, 5) is 59.7. The molecule has 0 aromatic rings. The number of rotatable bonds is 14. The fourth-order valence-electron chi connectivity index (χ4n) is 2.34. The summed E-state index contributed by atoms with van der Waals surface area (Å²) in [5, 5.41) is 16.1. The topological polar surface area (TPSA) is 194 Å². The van der Waals surface area contributed by atoms with Crippen molar-refractivity contribution in [2.75, 3.05) is 12.0 Å². The standard InChI is InChI=1S/C18H33N5O6S/c1-5-9(2)14(20)17(27)22-11(6-7-30-4)15(25)23-12(8-13(19)24)16(26)21-10(3)18(28)29/h9-12,14H,5-8,20H2,1-4H3,(H2,19,24)(H,21,26)(H,22,27)(H,23,25)(H,28,29). The zero-order valence-electron chi connectivity index (χ0n) is 17.8. The molecule has 0 heterocycles. The molecule has 5 atom stereocenters. The van der Waals surface area contributed by atoms with Crippen molar-refractivity contribution in [1.29, 1.82) is 0 Å². The van der Waals surface area contributed by atoms with Crippen molar-refractivity contribution in [2.45, 2.75) is 64.2 Å². The van der Waals surface area contributed by atoms with Gasteiger partial charge in [0.25, 0.3) is 0 Å². The number of amides is 4. The molecule has 0 aromatic heterocycles. The summed E-state index contributed by atoms with van der Waals surface area (Å²) < 4.78 is 0. The summed E-state index contributed by atoms with van der Waals surface area (Å²) in [7, 11) is 0. The fraction of sp³-hybridized carbons (Fsp3) is 0.722. The molecule has 8 N–H and O–H groups in total. The van der Waals surface area contributed by atoms with Crippen LogP contribution in [0.2, 0.25) is 0 Å². The minimum absolute atomic E-state index is 0.0971. The Kier molecular flexibility index (Phi) is 12.7. The van der Waals surface area contributed by atoms with Gasteiger partial charge in [-0.05, 0) is 31.3 Å². The monoisotopic (exact) mass is 447 g/mol. The quantitative estimate of drug-likeness (QED) is 0.186. The number of hydrogen-bond donors (Lipinski definition) is 6. The molecule has 0 bridgehead atoms. The van der Waals surface area contributed by atoms with E-state index in [1.165, 1.54) is 18.7 Å². The summed E-state index contributed by atoms with van der Waals surface area (Å²) in [5.41, 5.74) is 11.1. The van der Waals surface area contributed by atoms with E-state index in [9.17, 15) is 24.0 Å². The second-order valence-corrected chi connectivity index (χ2v) is 8.04. The average Bonchev–Trinajstić information content (AvgIpc) is 2.68. The number of nitrogens with one attached hydrogen (secondary N) is 3. The van der Waals surface area contributed by atoms with E-state index in [0.717, 1.165) is 0 Å². The normalized spacial score (nSPS) is 15.8. The smallest absolute Gasteiger partial charge is 0.325 e. The molecule has 11 nitrogen and oxygen atoms in total. The van der Waals surface area contributed by atoms with Gasteiger partial charge in [0.2, 0.25) is 23.6 Å². The number of hydrogen-bond acceptors (Lipinski definition) is 7. The summed E-state index contributed by atoms with van der Waals surface area (Å²) in [6.07, 6.45) is 2.25. The largest absolute Gasteiger partial charge is 0.480 e. The lowest BCUT2D eigenvalue weighted by Gasteiger charge is -2.25. The van der Waals surface area contributed by atoms with E-state index in [0.29, 0.717) is 12.2 Å². The predicted molar refractivity (Wildman–Crippen MR) is 113 cm³/mol. The molecule has 172 valence electrons. The highest BCUT2D eigenvalue weighted by Gasteiger charge is 2.30. The molecule has 0 spiro atoms. The van der Waals surface area contributed by atoms with Crippen molar-refractivity contribution < 1.29 is 29.1 Å². The van der Waals surface area contributed by atoms with Crippen LogP contribution in [0.25, 0.3) is 0 Å². The molecule has 0 saturated heterocycles. The van der Waals surface area contributed by atoms with E-state index in [-0.39, 0.29) is 12.3 Å². The third-order valence-electron chi connectivity index (χ3n) is 4.57. The number of primary amides is 1. The molecule has 4 amide bonds. The van der Waals surface area contributed by atoms with Crippen LogP contribution in [0.15, 0.2) is 0 Å². The van der Waals surface area contributed by atoms with Gasteiger partial charge in [-0.2, -0.15) is 11.8 Å². The Morgan fingerprint density at radius 3 is 1.97 bits per heavy atom. The van der Waals surface area contributed by atoms with Crippen molar-refractivity contribution in [2.24, 2.45) is 17.4 Å². The first-order valence-corrected chi connectivity index (χ1v) is 11.0. The van der Waals surface area contributed by atoms with Crippen molar-refractivity contribution in [3.05, 3.63) is 0 Å². The first-order valence-electron chi connectivity index (χ1n) is 9.61. The average molecular weight is 448 g/mol. The minimum atomic E-state index is -1.38. The highest BCUT2D eigenvalue weighted by molar-refractivity contribution is 7.98. The van der Waals surface area contributed by atoms with E-state index in [4.69, 9.17) is 16.6 Å². The molecular weight excluding hydrogens is 414 g/mol. The number of carboxylic acids is 1. The Morgan fingerprint density at radius 1 is 0.967 bits per heavy atom. The summed E-state index contributed by atoms with van der Waals surface area (Å²) in [6.45, 7) is 4.94. The van der Waals surface area contributed by atoms with Crippen LogP contribution in [0.1, 0.15) is 40.0 Å². The number of aliphatic carboxylic acids is 1. The van der Waals surface area contributed by atoms with Crippen LogP contribution in [-0.4, -0.2) is 70.9 Å². The van der Waals surface area contributed by atoms with E-state index >= 15 is 0 Å². The molecule has 0 fully saturated rings. The zero-order chi connectivity index (χ0) is 23.4. The van der Waals surface area contributed by atoms with Crippen LogP contribution >= 0.6 is 11.8 Å². The molecule has 0 saturated carbocycles. The first-order chi connectivity index (χ1) is 13.9. The lowest BCUT2D eigenvalue weighted by Crippen LogP contribution is -2.58. The van der Waals surface area contributed by atoms with Gasteiger partial charge in [-0.15, -0.1) is 0 Å². The van der Waals surface area contributed by atoms with Gasteiger partial charge in [0.05, 0.1) is 12.5 Å². The molecule has 0 rings (SSSR count). The van der Waals surface area contributed by atoms with Crippen LogP contribution < -0.4 is 27.4 Å². The van der Waals surface area contributed by atoms with Crippen LogP contribution in [0.4, 0.5) is 0 Å². The Morgan fingerprint density at radius 2 is 1.50 bits per heavy atom. The fourth-order valence-corrected chi connectivity index (χ4v) is 2.81. The van der Waals surface area contributed by atoms with E-state index < -0.39 is 60.2 Å². The molecule has 0 aliphatic carbocycles. The first kappa shape index (κ1) is 27.7. The molecular formula is C18H33N5O6S. The van der Waals surface area contributed by atoms with Gasteiger partial charge < -0.3 is 32.5 Å². The Hall–Kier alpha value is -2.34. The van der Waals surface area contributed by atoms with Gasteiger partial charge in [0, 0.05) is 0 Å². The second-order valence-electron chi connectivity index (χ2n) is 7.05. The van der Waals surface area contributed by atoms with Gasteiger partial charge in [-0.25, -0.2) is 0 Å². The number of carboxylic acid groups (broad SMARTS) is 1. The van der Waals surface area contributed by atoms with Crippen molar-refractivity contribution >= 4 is 41.4 Å². The molecule has 5 unspecified atom stereocenters. The van der Waals surface area contributed by atoms with Gasteiger partial charge >= 0.3 is 5.97 Å². The number of thioether (sulfide) groups is 1. The molecule has 0 aliphatic heterocycles. The Bertz CT molecular complexity index is 632. The maximum Gasteiger partial charge on any atom is 0.325 e. The van der Waals surface area contributed by atoms with Gasteiger partial charge in [0.1, 0.15) is 18.1 Å². The number of nitrogens with two attached hydrogens (primary N) is 2. The van der Waals surface area contributed by atoms with Crippen LogP contribution in [0.3, 0.4) is 0 Å². The van der Waals surface area contributed by atoms with E-state index in [2.05, 4.69) is 16.0 Å². The van der Waals surface area contributed by atoms with E-state index in [1.54, 1.807) is 0 Å². The molecule has 0 aliphatic rings. The molecule has 30 heavy (non-hydrogen) atoms. The van der Waals surface area contributed by atoms with Gasteiger partial charge in [-0.3, -0.25) is 24.0 Å². The lowest BCUT2D eigenvalue weighted by molar-refractivity contribution is -0.142. The zero-order valence-corrected chi connectivity index (χ0v) is 18.6. The van der Waals surface area contributed by atoms with Crippen molar-refractivity contribution in [3.63, 3.8) is 0 Å². The maximum atomic E-state index is 12.7. The molecule has 0 radical (unpaired) electrons. The minimum Gasteiger partial charge on any atom is -0.480 e.